The third kappa shape index (κ3) is 4.10. The van der Waals surface area contributed by atoms with Gasteiger partial charge in [0.15, 0.2) is 5.89 Å². The van der Waals surface area contributed by atoms with Crippen LogP contribution in [0.4, 0.5) is 5.88 Å². The van der Waals surface area contributed by atoms with Gasteiger partial charge in [-0.25, -0.2) is 9.97 Å². The second-order valence-corrected chi connectivity index (χ2v) is 7.49. The zero-order chi connectivity index (χ0) is 20.3. The van der Waals surface area contributed by atoms with Crippen LogP contribution in [0.5, 0.6) is 0 Å². The molecule has 1 amide bonds. The summed E-state index contributed by atoms with van der Waals surface area (Å²) >= 11 is 1.30. The molecule has 1 aliphatic rings. The van der Waals surface area contributed by atoms with E-state index >= 15 is 0 Å². The molecule has 28 heavy (non-hydrogen) atoms. The summed E-state index contributed by atoms with van der Waals surface area (Å²) < 4.78 is 5.54. The second-order valence-electron chi connectivity index (χ2n) is 6.53. The van der Waals surface area contributed by atoms with Crippen LogP contribution < -0.4 is 4.90 Å². The number of nitriles is 2. The van der Waals surface area contributed by atoms with Crippen LogP contribution in [0.2, 0.25) is 0 Å². The van der Waals surface area contributed by atoms with Gasteiger partial charge in [-0.05, 0) is 25.5 Å². The van der Waals surface area contributed by atoms with Crippen LogP contribution in [-0.2, 0) is 4.79 Å². The normalized spacial score (nSPS) is 13.9. The molecule has 3 rings (SSSR count). The topological polar surface area (TPSA) is 110 Å². The van der Waals surface area contributed by atoms with E-state index in [0.29, 0.717) is 48.5 Å². The number of aromatic nitrogens is 2. The van der Waals surface area contributed by atoms with Gasteiger partial charge in [-0.1, -0.05) is 11.8 Å². The molecule has 0 radical (unpaired) electrons. The molecule has 0 saturated carbocycles. The van der Waals surface area contributed by atoms with Crippen LogP contribution in [0.1, 0.15) is 28.4 Å². The summed E-state index contributed by atoms with van der Waals surface area (Å²) in [6.45, 7) is 7.68. The molecule has 144 valence electrons. The van der Waals surface area contributed by atoms with Gasteiger partial charge >= 0.3 is 0 Å². The fraction of sp³-hybridized carbons (Fsp3) is 0.421. The van der Waals surface area contributed by atoms with E-state index in [4.69, 9.17) is 9.68 Å². The zero-order valence-electron chi connectivity index (χ0n) is 16.0. The quantitative estimate of drug-likeness (QED) is 0.723. The maximum absolute atomic E-state index is 12.6. The average molecular weight is 396 g/mol. The summed E-state index contributed by atoms with van der Waals surface area (Å²) in [5.74, 6) is 1.16. The first-order valence-electron chi connectivity index (χ1n) is 8.84. The summed E-state index contributed by atoms with van der Waals surface area (Å²) in [7, 11) is 0. The van der Waals surface area contributed by atoms with Crippen molar-refractivity contribution in [2.45, 2.75) is 25.8 Å². The number of thioether (sulfide) groups is 1. The minimum absolute atomic E-state index is 0.00348. The molecule has 2 aromatic heterocycles. The third-order valence-electron chi connectivity index (χ3n) is 4.50. The SMILES string of the molecule is Cc1cc(C)c(C#N)c(SCC(=O)N2CCN(c3oc(C)nc3C#N)CC2)n1. The Labute approximate surface area is 167 Å². The number of carbonyl (C=O) groups excluding carboxylic acids is 1. The number of carbonyl (C=O) groups is 1. The molecule has 0 atom stereocenters. The molecule has 0 spiro atoms. The Hall–Kier alpha value is -3.04. The highest BCUT2D eigenvalue weighted by Crippen LogP contribution is 2.25. The highest BCUT2D eigenvalue weighted by Gasteiger charge is 2.26. The molecule has 1 fully saturated rings. The Bertz CT molecular complexity index is 980. The first-order chi connectivity index (χ1) is 13.4. The Morgan fingerprint density at radius 2 is 1.89 bits per heavy atom. The van der Waals surface area contributed by atoms with Crippen molar-refractivity contribution in [1.82, 2.24) is 14.9 Å². The number of rotatable bonds is 4. The average Bonchev–Trinajstić information content (AvgIpc) is 3.06. The van der Waals surface area contributed by atoms with Gasteiger partial charge in [0.1, 0.15) is 17.2 Å². The molecule has 1 aliphatic heterocycles. The Morgan fingerprint density at radius 1 is 1.18 bits per heavy atom. The van der Waals surface area contributed by atoms with Crippen LogP contribution in [0.25, 0.3) is 0 Å². The van der Waals surface area contributed by atoms with E-state index in [2.05, 4.69) is 16.0 Å². The van der Waals surface area contributed by atoms with Gasteiger partial charge in [0, 0.05) is 38.8 Å². The largest absolute Gasteiger partial charge is 0.424 e. The molecule has 0 bridgehead atoms. The molecule has 3 heterocycles. The summed E-state index contributed by atoms with van der Waals surface area (Å²) in [6.07, 6.45) is 0. The predicted molar refractivity (Wildman–Crippen MR) is 104 cm³/mol. The van der Waals surface area contributed by atoms with Gasteiger partial charge in [-0.2, -0.15) is 10.5 Å². The number of anilines is 1. The minimum Gasteiger partial charge on any atom is -0.424 e. The van der Waals surface area contributed by atoms with Gasteiger partial charge in [-0.15, -0.1) is 0 Å². The van der Waals surface area contributed by atoms with Crippen LogP contribution in [0, 0.1) is 43.4 Å². The predicted octanol–water partition coefficient (Wildman–Crippen LogP) is 2.18. The van der Waals surface area contributed by atoms with E-state index in [-0.39, 0.29) is 17.4 Å². The van der Waals surface area contributed by atoms with Gasteiger partial charge < -0.3 is 14.2 Å². The van der Waals surface area contributed by atoms with Crippen molar-refractivity contribution in [3.63, 3.8) is 0 Å². The molecular weight excluding hydrogens is 376 g/mol. The van der Waals surface area contributed by atoms with Gasteiger partial charge in [-0.3, -0.25) is 4.79 Å². The zero-order valence-corrected chi connectivity index (χ0v) is 16.8. The first kappa shape index (κ1) is 19.7. The Balaban J connectivity index is 1.59. The molecule has 1 saturated heterocycles. The van der Waals surface area contributed by atoms with Crippen LogP contribution in [0.3, 0.4) is 0 Å². The molecule has 2 aromatic rings. The monoisotopic (exact) mass is 396 g/mol. The van der Waals surface area contributed by atoms with E-state index < -0.39 is 0 Å². The number of nitrogens with zero attached hydrogens (tertiary/aromatic N) is 6. The molecular formula is C19H20N6O2S. The Morgan fingerprint density at radius 3 is 2.54 bits per heavy atom. The molecule has 0 aliphatic carbocycles. The standard InChI is InChI=1S/C19H20N6O2S/c1-12-8-13(2)22-18(15(12)9-20)28-11-17(26)24-4-6-25(7-5-24)19-16(10-21)23-14(3)27-19/h8H,4-7,11H2,1-3H3. The minimum atomic E-state index is 0.00348. The maximum atomic E-state index is 12.6. The van der Waals surface area contributed by atoms with Crippen molar-refractivity contribution in [2.75, 3.05) is 36.8 Å². The molecule has 0 unspecified atom stereocenters. The lowest BCUT2D eigenvalue weighted by molar-refractivity contribution is -0.128. The van der Waals surface area contributed by atoms with Crippen LogP contribution in [0.15, 0.2) is 15.5 Å². The van der Waals surface area contributed by atoms with Gasteiger partial charge in [0.05, 0.1) is 11.3 Å². The van der Waals surface area contributed by atoms with Gasteiger partial charge in [0.2, 0.25) is 17.5 Å². The molecule has 9 heteroatoms. The van der Waals surface area contributed by atoms with Crippen LogP contribution >= 0.6 is 11.8 Å². The number of piperazine rings is 1. The number of amides is 1. The number of pyridine rings is 1. The lowest BCUT2D eigenvalue weighted by atomic mass is 10.1. The smallest absolute Gasteiger partial charge is 0.234 e. The van der Waals surface area contributed by atoms with E-state index in [1.807, 2.05) is 30.9 Å². The van der Waals surface area contributed by atoms with Crippen molar-refractivity contribution < 1.29 is 9.21 Å². The van der Waals surface area contributed by atoms with Crippen molar-refractivity contribution in [2.24, 2.45) is 0 Å². The second kappa shape index (κ2) is 8.32. The third-order valence-corrected chi connectivity index (χ3v) is 5.46. The molecule has 0 aromatic carbocycles. The highest BCUT2D eigenvalue weighted by atomic mass is 32.2. The first-order valence-corrected chi connectivity index (χ1v) is 9.83. The Kier molecular flexibility index (Phi) is 5.86. The summed E-state index contributed by atoms with van der Waals surface area (Å²) in [4.78, 5) is 24.8. The number of aryl methyl sites for hydroxylation is 3. The van der Waals surface area contributed by atoms with E-state index in [0.717, 1.165) is 11.3 Å². The number of oxazole rings is 1. The fourth-order valence-electron chi connectivity index (χ4n) is 3.13. The van der Waals surface area contributed by atoms with Crippen molar-refractivity contribution >= 4 is 23.6 Å². The molecule has 8 nitrogen and oxygen atoms in total. The summed E-state index contributed by atoms with van der Waals surface area (Å²) in [6, 6.07) is 6.08. The van der Waals surface area contributed by atoms with Crippen molar-refractivity contribution in [3.05, 3.63) is 34.5 Å². The highest BCUT2D eigenvalue weighted by molar-refractivity contribution is 8.00. The van der Waals surface area contributed by atoms with Gasteiger partial charge in [0.25, 0.3) is 0 Å². The van der Waals surface area contributed by atoms with E-state index in [1.165, 1.54) is 11.8 Å². The summed E-state index contributed by atoms with van der Waals surface area (Å²) in [5.41, 5.74) is 2.50. The lowest BCUT2D eigenvalue weighted by Crippen LogP contribution is -2.49. The van der Waals surface area contributed by atoms with Crippen LogP contribution in [-0.4, -0.2) is 52.7 Å². The maximum Gasteiger partial charge on any atom is 0.234 e. The fourth-order valence-corrected chi connectivity index (χ4v) is 4.13. The molecule has 0 N–H and O–H groups in total. The number of hydrogen-bond acceptors (Lipinski definition) is 8. The number of hydrogen-bond donors (Lipinski definition) is 0. The van der Waals surface area contributed by atoms with Crippen molar-refractivity contribution in [3.8, 4) is 12.1 Å². The van der Waals surface area contributed by atoms with E-state index in [1.54, 1.807) is 11.8 Å². The van der Waals surface area contributed by atoms with E-state index in [9.17, 15) is 10.1 Å². The lowest BCUT2D eigenvalue weighted by Gasteiger charge is -2.34. The summed E-state index contributed by atoms with van der Waals surface area (Å²) in [5, 5.41) is 19.1. The van der Waals surface area contributed by atoms with Crippen molar-refractivity contribution in [1.29, 1.82) is 10.5 Å².